The van der Waals surface area contributed by atoms with Gasteiger partial charge < -0.3 is 4.74 Å². The fourth-order valence-electron chi connectivity index (χ4n) is 5.69. The standard InChI is InChI=1S/C36H8F3N9O/c37-36(38,39)49-31-4-3-19(6-22(31)11-42)33-30(17-48)26-7-25-27(8-28(26)35(33)24(14-45)15-46)34(23(12-43)13-44)32(29(25)16-47)18-1-2-20(9-40)21(5-18)10-41/h1-8H. The lowest BCUT2D eigenvalue weighted by atomic mass is 9.88. The Morgan fingerprint density at radius 2 is 0.918 bits per heavy atom. The molecule has 10 nitrogen and oxygen atoms in total. The highest BCUT2D eigenvalue weighted by atomic mass is 19.4. The monoisotopic (exact) mass is 639 g/mol. The molecular weight excluding hydrogens is 631 g/mol. The second kappa shape index (κ2) is 12.2. The van der Waals surface area contributed by atoms with Crippen LogP contribution in [0.3, 0.4) is 0 Å². The molecule has 0 fully saturated rings. The van der Waals surface area contributed by atoms with E-state index in [2.05, 4.69) is 10.8 Å². The summed E-state index contributed by atoms with van der Waals surface area (Å²) in [6.07, 6.45) is -5.12. The fourth-order valence-corrected chi connectivity index (χ4v) is 5.69. The van der Waals surface area contributed by atoms with Crippen LogP contribution in [0, 0.1) is 102 Å². The summed E-state index contributed by atoms with van der Waals surface area (Å²) in [6.45, 7) is 0. The van der Waals surface area contributed by atoms with E-state index in [1.54, 1.807) is 30.3 Å². The minimum absolute atomic E-state index is 0.0131. The summed E-state index contributed by atoms with van der Waals surface area (Å²) in [7, 11) is 0. The number of halogens is 3. The van der Waals surface area contributed by atoms with Crippen molar-refractivity contribution in [2.75, 3.05) is 0 Å². The first-order chi connectivity index (χ1) is 23.5. The van der Waals surface area contributed by atoms with Gasteiger partial charge in [0.15, 0.2) is 0 Å². The number of allylic oxidation sites excluding steroid dienone is 8. The van der Waals surface area contributed by atoms with Gasteiger partial charge in [-0.05, 0) is 58.7 Å². The number of hydrogen-bond donors (Lipinski definition) is 0. The normalized spacial score (nSPS) is 12.4. The van der Waals surface area contributed by atoms with Crippen molar-refractivity contribution >= 4 is 33.4 Å². The number of rotatable bonds is 3. The molecule has 49 heavy (non-hydrogen) atoms. The van der Waals surface area contributed by atoms with Crippen molar-refractivity contribution < 1.29 is 17.9 Å². The number of nitrogens with zero attached hydrogens (tertiary/aromatic N) is 9. The third-order valence-electron chi connectivity index (χ3n) is 7.57. The summed E-state index contributed by atoms with van der Waals surface area (Å²) in [4.78, 5) is 0. The van der Waals surface area contributed by atoms with Crippen molar-refractivity contribution in [2.24, 2.45) is 0 Å². The molecule has 5 rings (SSSR count). The van der Waals surface area contributed by atoms with Crippen LogP contribution in [0.4, 0.5) is 13.2 Å². The molecule has 0 aromatic heterocycles. The Labute approximate surface area is 274 Å². The van der Waals surface area contributed by atoms with Gasteiger partial charge in [-0.1, -0.05) is 12.1 Å². The van der Waals surface area contributed by atoms with Crippen molar-refractivity contribution in [1.29, 1.82) is 47.4 Å². The van der Waals surface area contributed by atoms with Crippen molar-refractivity contribution in [3.63, 3.8) is 0 Å². The third-order valence-corrected chi connectivity index (χ3v) is 7.57. The molecule has 0 spiro atoms. The Kier molecular flexibility index (Phi) is 7.97. The predicted octanol–water partition coefficient (Wildman–Crippen LogP) is 6.70. The molecule has 0 N–H and O–H groups in total. The number of hydrogen-bond acceptors (Lipinski definition) is 10. The van der Waals surface area contributed by atoms with E-state index in [9.17, 15) is 60.5 Å². The van der Waals surface area contributed by atoms with Crippen molar-refractivity contribution in [3.8, 4) is 60.4 Å². The second-order valence-electron chi connectivity index (χ2n) is 9.97. The Hall–Kier alpha value is -8.38. The van der Waals surface area contributed by atoms with Gasteiger partial charge in [-0.15, -0.1) is 13.2 Å². The van der Waals surface area contributed by atoms with Crippen LogP contribution < -0.4 is 4.74 Å². The van der Waals surface area contributed by atoms with E-state index in [4.69, 9.17) is 0 Å². The van der Waals surface area contributed by atoms with E-state index in [-0.39, 0.29) is 77.9 Å². The summed E-state index contributed by atoms with van der Waals surface area (Å²) in [6, 6.07) is 26.4. The topological polar surface area (TPSA) is 223 Å². The molecule has 0 saturated carbocycles. The zero-order valence-electron chi connectivity index (χ0n) is 24.2. The van der Waals surface area contributed by atoms with E-state index < -0.39 is 28.8 Å². The lowest BCUT2D eigenvalue weighted by molar-refractivity contribution is -0.274. The molecule has 0 heterocycles. The van der Waals surface area contributed by atoms with Gasteiger partial charge >= 0.3 is 6.36 Å². The summed E-state index contributed by atoms with van der Waals surface area (Å²) in [5.41, 5.74) is -1.25. The number of alkyl halides is 3. The molecule has 2 aliphatic carbocycles. The largest absolute Gasteiger partial charge is 0.573 e. The Balaban J connectivity index is 1.89. The molecule has 3 aromatic carbocycles. The van der Waals surface area contributed by atoms with Crippen LogP contribution in [0.2, 0.25) is 0 Å². The second-order valence-corrected chi connectivity index (χ2v) is 9.97. The minimum Gasteiger partial charge on any atom is -0.404 e. The lowest BCUT2D eigenvalue weighted by Gasteiger charge is -2.13. The van der Waals surface area contributed by atoms with E-state index in [0.29, 0.717) is 0 Å². The van der Waals surface area contributed by atoms with Crippen molar-refractivity contribution in [1.82, 2.24) is 0 Å². The van der Waals surface area contributed by atoms with Gasteiger partial charge in [-0.25, -0.2) is 0 Å². The molecule has 0 saturated heterocycles. The molecule has 13 heteroatoms. The molecule has 0 atom stereocenters. The predicted molar refractivity (Wildman–Crippen MR) is 161 cm³/mol. The molecule has 3 aromatic rings. The van der Waals surface area contributed by atoms with Gasteiger partial charge in [0, 0.05) is 33.4 Å². The highest BCUT2D eigenvalue weighted by Gasteiger charge is 2.38. The molecular formula is C36H8F3N9O. The third kappa shape index (κ3) is 5.12. The Morgan fingerprint density at radius 3 is 1.33 bits per heavy atom. The minimum atomic E-state index is -5.12. The van der Waals surface area contributed by atoms with Crippen LogP contribution in [0.1, 0.15) is 50.1 Å². The maximum absolute atomic E-state index is 13.0. The smallest absolute Gasteiger partial charge is 0.404 e. The highest BCUT2D eigenvalue weighted by molar-refractivity contribution is 6.30. The van der Waals surface area contributed by atoms with Gasteiger partial charge in [0.2, 0.25) is 0 Å². The Morgan fingerprint density at radius 1 is 0.490 bits per heavy atom. The van der Waals surface area contributed by atoms with Crippen LogP contribution >= 0.6 is 0 Å². The first kappa shape index (κ1) is 32.0. The number of benzene rings is 3. The Bertz CT molecular complexity index is 2580. The number of fused-ring (bicyclic) bond motifs is 2. The SMILES string of the molecule is N#CC(C#N)=C1C(c2ccc(C#N)c(C#N)c2)=C(C#N)c2cc3c(cc21)C(=C(C#N)C#N)C(c1ccc(OC(F)(F)F)c(C#N)c1)=C3C#N. The quantitative estimate of drug-likeness (QED) is 0.276. The van der Waals surface area contributed by atoms with Gasteiger partial charge in [0.1, 0.15) is 71.5 Å². The van der Waals surface area contributed by atoms with E-state index in [1.807, 2.05) is 18.2 Å². The molecule has 0 bridgehead atoms. The van der Waals surface area contributed by atoms with Crippen LogP contribution in [0.5, 0.6) is 5.75 Å². The lowest BCUT2D eigenvalue weighted by Crippen LogP contribution is -2.17. The van der Waals surface area contributed by atoms with E-state index in [1.165, 1.54) is 30.3 Å². The molecule has 0 amide bonds. The average molecular weight is 640 g/mol. The highest BCUT2D eigenvalue weighted by Crippen LogP contribution is 2.54. The summed E-state index contributed by atoms with van der Waals surface area (Å²) in [5.74, 6) is -0.826. The summed E-state index contributed by atoms with van der Waals surface area (Å²) in [5, 5.41) is 89.2. The van der Waals surface area contributed by atoms with Crippen LogP contribution in [0.25, 0.3) is 33.4 Å². The average Bonchev–Trinajstić information content (AvgIpc) is 3.59. The summed E-state index contributed by atoms with van der Waals surface area (Å²) >= 11 is 0. The maximum atomic E-state index is 13.0. The molecule has 0 unspecified atom stereocenters. The zero-order valence-corrected chi connectivity index (χ0v) is 24.2. The first-order valence-corrected chi connectivity index (χ1v) is 13.4. The molecule has 224 valence electrons. The molecule has 0 radical (unpaired) electrons. The zero-order chi connectivity index (χ0) is 35.6. The van der Waals surface area contributed by atoms with E-state index in [0.717, 1.165) is 18.2 Å². The fraction of sp³-hybridized carbons (Fsp3) is 0.0278. The van der Waals surface area contributed by atoms with Crippen LogP contribution in [0.15, 0.2) is 59.7 Å². The van der Waals surface area contributed by atoms with E-state index >= 15 is 0 Å². The van der Waals surface area contributed by atoms with Gasteiger partial charge in [-0.2, -0.15) is 47.4 Å². The van der Waals surface area contributed by atoms with Gasteiger partial charge in [0.05, 0.1) is 27.8 Å². The van der Waals surface area contributed by atoms with Crippen molar-refractivity contribution in [3.05, 3.63) is 110 Å². The number of nitriles is 9. The van der Waals surface area contributed by atoms with Crippen LogP contribution in [-0.4, -0.2) is 6.36 Å². The number of ether oxygens (including phenoxy) is 1. The van der Waals surface area contributed by atoms with Crippen LogP contribution in [-0.2, 0) is 0 Å². The summed E-state index contributed by atoms with van der Waals surface area (Å²) < 4.78 is 42.9. The van der Waals surface area contributed by atoms with Crippen molar-refractivity contribution in [2.45, 2.75) is 6.36 Å². The first-order valence-electron chi connectivity index (χ1n) is 13.4. The maximum Gasteiger partial charge on any atom is 0.573 e. The molecule has 2 aliphatic rings. The van der Waals surface area contributed by atoms with Gasteiger partial charge in [0.25, 0.3) is 0 Å². The van der Waals surface area contributed by atoms with Gasteiger partial charge in [-0.3, -0.25) is 0 Å². The molecule has 0 aliphatic heterocycles.